The summed E-state index contributed by atoms with van der Waals surface area (Å²) in [5, 5.41) is 2.14. The van der Waals surface area contributed by atoms with Crippen LogP contribution in [0.2, 0.25) is 0 Å². The SMILES string of the molecule is CCCCCCc1ccsc1C#Cc1ccnc(Br)c1. The molecule has 0 bridgehead atoms. The normalized spacial score (nSPS) is 10.1. The van der Waals surface area contributed by atoms with E-state index < -0.39 is 0 Å². The van der Waals surface area contributed by atoms with E-state index in [1.165, 1.54) is 36.1 Å². The molecule has 0 fully saturated rings. The highest BCUT2D eigenvalue weighted by Crippen LogP contribution is 2.18. The zero-order valence-corrected chi connectivity index (χ0v) is 14.1. The van der Waals surface area contributed by atoms with Gasteiger partial charge >= 0.3 is 0 Å². The molecule has 2 heterocycles. The fourth-order valence-electron chi connectivity index (χ4n) is 1.99. The summed E-state index contributed by atoms with van der Waals surface area (Å²) in [5.74, 6) is 6.52. The van der Waals surface area contributed by atoms with Gasteiger partial charge in [-0.2, -0.15) is 0 Å². The molecular formula is C17H18BrNS. The molecule has 0 spiro atoms. The lowest BCUT2D eigenvalue weighted by Crippen LogP contribution is -1.86. The number of aryl methyl sites for hydroxylation is 1. The zero-order valence-electron chi connectivity index (χ0n) is 11.7. The Bertz CT molecular complexity index is 607. The summed E-state index contributed by atoms with van der Waals surface area (Å²) in [5.41, 5.74) is 2.39. The molecular weight excluding hydrogens is 330 g/mol. The van der Waals surface area contributed by atoms with Crippen molar-refractivity contribution in [1.29, 1.82) is 0 Å². The molecule has 0 aliphatic heterocycles. The molecule has 0 aliphatic rings. The summed E-state index contributed by atoms with van der Waals surface area (Å²) in [6.07, 6.45) is 8.11. The zero-order chi connectivity index (χ0) is 14.2. The van der Waals surface area contributed by atoms with Gasteiger partial charge in [-0.25, -0.2) is 4.98 Å². The quantitative estimate of drug-likeness (QED) is 0.399. The average Bonchev–Trinajstić information content (AvgIpc) is 2.89. The van der Waals surface area contributed by atoms with E-state index in [0.29, 0.717) is 0 Å². The molecule has 0 saturated heterocycles. The third-order valence-corrected chi connectivity index (χ3v) is 4.40. The summed E-state index contributed by atoms with van der Waals surface area (Å²) < 4.78 is 0.829. The molecule has 0 unspecified atom stereocenters. The third kappa shape index (κ3) is 4.77. The van der Waals surface area contributed by atoms with Gasteiger partial charge in [0.1, 0.15) is 4.60 Å². The Hall–Kier alpha value is -1.11. The van der Waals surface area contributed by atoms with Crippen LogP contribution in [0.3, 0.4) is 0 Å². The highest BCUT2D eigenvalue weighted by Gasteiger charge is 2.01. The fourth-order valence-corrected chi connectivity index (χ4v) is 3.16. The average molecular weight is 348 g/mol. The van der Waals surface area contributed by atoms with Gasteiger partial charge in [0.2, 0.25) is 0 Å². The van der Waals surface area contributed by atoms with Crippen molar-refractivity contribution in [2.45, 2.75) is 39.0 Å². The molecule has 0 aromatic carbocycles. The Morgan fingerprint density at radius 2 is 2.10 bits per heavy atom. The van der Waals surface area contributed by atoms with Crippen molar-refractivity contribution < 1.29 is 0 Å². The molecule has 0 saturated carbocycles. The lowest BCUT2D eigenvalue weighted by molar-refractivity contribution is 0.667. The van der Waals surface area contributed by atoms with E-state index in [2.05, 4.69) is 51.1 Å². The number of halogens is 1. The Kier molecular flexibility index (Phi) is 6.29. The van der Waals surface area contributed by atoms with Crippen LogP contribution in [0.1, 0.15) is 48.6 Å². The van der Waals surface area contributed by atoms with Crippen molar-refractivity contribution in [2.75, 3.05) is 0 Å². The van der Waals surface area contributed by atoms with Crippen LogP contribution in [-0.2, 0) is 6.42 Å². The molecule has 1 nitrogen and oxygen atoms in total. The molecule has 20 heavy (non-hydrogen) atoms. The molecule has 0 radical (unpaired) electrons. The van der Waals surface area contributed by atoms with Crippen molar-refractivity contribution in [3.63, 3.8) is 0 Å². The summed E-state index contributed by atoms with van der Waals surface area (Å²) in [6, 6.07) is 6.09. The maximum Gasteiger partial charge on any atom is 0.107 e. The Labute approximate surface area is 133 Å². The predicted molar refractivity (Wildman–Crippen MR) is 90.1 cm³/mol. The summed E-state index contributed by atoms with van der Waals surface area (Å²) in [4.78, 5) is 5.32. The molecule has 2 aromatic rings. The van der Waals surface area contributed by atoms with Crippen molar-refractivity contribution in [2.24, 2.45) is 0 Å². The van der Waals surface area contributed by atoms with E-state index >= 15 is 0 Å². The Morgan fingerprint density at radius 3 is 2.90 bits per heavy atom. The van der Waals surface area contributed by atoms with Crippen LogP contribution >= 0.6 is 27.3 Å². The number of unbranched alkanes of at least 4 members (excludes halogenated alkanes) is 3. The number of aromatic nitrogens is 1. The van der Waals surface area contributed by atoms with E-state index in [-0.39, 0.29) is 0 Å². The monoisotopic (exact) mass is 347 g/mol. The van der Waals surface area contributed by atoms with Gasteiger partial charge in [0.15, 0.2) is 0 Å². The number of rotatable bonds is 5. The van der Waals surface area contributed by atoms with Gasteiger partial charge in [-0.05, 0) is 57.9 Å². The number of hydrogen-bond acceptors (Lipinski definition) is 2. The van der Waals surface area contributed by atoms with E-state index in [1.54, 1.807) is 17.5 Å². The van der Waals surface area contributed by atoms with E-state index in [9.17, 15) is 0 Å². The van der Waals surface area contributed by atoms with Gasteiger partial charge in [0.25, 0.3) is 0 Å². The summed E-state index contributed by atoms with van der Waals surface area (Å²) in [7, 11) is 0. The maximum atomic E-state index is 4.11. The lowest BCUT2D eigenvalue weighted by Gasteiger charge is -1.99. The Morgan fingerprint density at radius 1 is 1.20 bits per heavy atom. The first-order valence-electron chi connectivity index (χ1n) is 6.99. The van der Waals surface area contributed by atoms with Gasteiger partial charge in [-0.1, -0.05) is 38.0 Å². The van der Waals surface area contributed by atoms with E-state index in [1.807, 2.05) is 12.1 Å². The first-order chi connectivity index (χ1) is 9.79. The second-order valence-corrected chi connectivity index (χ2v) is 6.43. The van der Waals surface area contributed by atoms with Crippen LogP contribution in [0.5, 0.6) is 0 Å². The second-order valence-electron chi connectivity index (χ2n) is 4.70. The number of nitrogens with zero attached hydrogens (tertiary/aromatic N) is 1. The van der Waals surface area contributed by atoms with Gasteiger partial charge in [0.05, 0.1) is 4.88 Å². The number of hydrogen-bond donors (Lipinski definition) is 0. The van der Waals surface area contributed by atoms with E-state index in [0.717, 1.165) is 16.6 Å². The van der Waals surface area contributed by atoms with Crippen molar-refractivity contribution in [1.82, 2.24) is 4.98 Å². The smallest absolute Gasteiger partial charge is 0.107 e. The minimum atomic E-state index is 0.829. The highest BCUT2D eigenvalue weighted by atomic mass is 79.9. The fraction of sp³-hybridized carbons (Fsp3) is 0.353. The highest BCUT2D eigenvalue weighted by molar-refractivity contribution is 9.10. The molecule has 0 atom stereocenters. The van der Waals surface area contributed by atoms with Crippen molar-refractivity contribution >= 4 is 27.3 Å². The first kappa shape index (κ1) is 15.3. The molecule has 2 rings (SSSR count). The molecule has 104 valence electrons. The van der Waals surface area contributed by atoms with Gasteiger partial charge < -0.3 is 0 Å². The molecule has 3 heteroatoms. The van der Waals surface area contributed by atoms with Gasteiger partial charge in [-0.15, -0.1) is 11.3 Å². The third-order valence-electron chi connectivity index (χ3n) is 3.09. The number of thiophene rings is 1. The van der Waals surface area contributed by atoms with Crippen molar-refractivity contribution in [3.8, 4) is 11.8 Å². The summed E-state index contributed by atoms with van der Waals surface area (Å²) >= 11 is 5.10. The molecule has 0 aliphatic carbocycles. The van der Waals surface area contributed by atoms with Crippen LogP contribution < -0.4 is 0 Å². The van der Waals surface area contributed by atoms with E-state index in [4.69, 9.17) is 0 Å². The molecule has 0 N–H and O–H groups in total. The lowest BCUT2D eigenvalue weighted by atomic mass is 10.1. The minimum Gasteiger partial charge on any atom is -0.249 e. The Balaban J connectivity index is 2.02. The number of pyridine rings is 1. The maximum absolute atomic E-state index is 4.11. The van der Waals surface area contributed by atoms with Crippen LogP contribution in [-0.4, -0.2) is 4.98 Å². The predicted octanol–water partition coefficient (Wildman–Crippen LogP) is 5.43. The standard InChI is InChI=1S/C17H18BrNS/c1-2-3-4-5-6-15-10-12-20-16(15)8-7-14-9-11-19-17(18)13-14/h9-13H,2-6H2,1H3. The van der Waals surface area contributed by atoms with Crippen molar-refractivity contribution in [3.05, 3.63) is 50.4 Å². The largest absolute Gasteiger partial charge is 0.249 e. The van der Waals surface area contributed by atoms with Crippen LogP contribution in [0.15, 0.2) is 34.4 Å². The second kappa shape index (κ2) is 8.24. The van der Waals surface area contributed by atoms with Crippen LogP contribution in [0.25, 0.3) is 0 Å². The topological polar surface area (TPSA) is 12.9 Å². The van der Waals surface area contributed by atoms with Gasteiger partial charge in [-0.3, -0.25) is 0 Å². The first-order valence-corrected chi connectivity index (χ1v) is 8.67. The van der Waals surface area contributed by atoms with Gasteiger partial charge in [0, 0.05) is 11.8 Å². The van der Waals surface area contributed by atoms with Crippen LogP contribution in [0, 0.1) is 11.8 Å². The molecule has 2 aromatic heterocycles. The summed E-state index contributed by atoms with van der Waals surface area (Å²) in [6.45, 7) is 2.24. The molecule has 0 amide bonds. The van der Waals surface area contributed by atoms with Crippen LogP contribution in [0.4, 0.5) is 0 Å². The minimum absolute atomic E-state index is 0.829.